The molecule has 0 atom stereocenters. The van der Waals surface area contributed by atoms with Crippen LogP contribution < -0.4 is 10.5 Å². The van der Waals surface area contributed by atoms with Gasteiger partial charge in [0.05, 0.1) is 4.90 Å². The van der Waals surface area contributed by atoms with Crippen molar-refractivity contribution in [2.24, 2.45) is 0 Å². The zero-order valence-electron chi connectivity index (χ0n) is 11.3. The molecule has 3 N–H and O–H groups in total. The molecule has 0 bridgehead atoms. The number of benzene rings is 1. The third-order valence-electron chi connectivity index (χ3n) is 3.41. The van der Waals surface area contributed by atoms with Gasteiger partial charge in [-0.3, -0.25) is 0 Å². The van der Waals surface area contributed by atoms with E-state index in [0.717, 1.165) is 19.6 Å². The van der Waals surface area contributed by atoms with Crippen LogP contribution in [0.3, 0.4) is 0 Å². The second-order valence-corrected chi connectivity index (χ2v) is 7.58. The molecule has 1 aromatic carbocycles. The zero-order chi connectivity index (χ0) is 14.6. The highest BCUT2D eigenvalue weighted by Crippen LogP contribution is 2.23. The smallest absolute Gasteiger partial charge is 0.241 e. The van der Waals surface area contributed by atoms with Gasteiger partial charge in [-0.15, -0.1) is 0 Å². The van der Waals surface area contributed by atoms with Crippen LogP contribution in [0.1, 0.15) is 19.3 Å². The van der Waals surface area contributed by atoms with Crippen molar-refractivity contribution in [2.45, 2.75) is 24.2 Å². The first-order valence-corrected chi connectivity index (χ1v) is 9.04. The average molecular weight is 362 g/mol. The van der Waals surface area contributed by atoms with Crippen molar-refractivity contribution in [1.82, 2.24) is 9.62 Å². The molecule has 112 valence electrons. The molecule has 0 saturated carbocycles. The fourth-order valence-corrected chi connectivity index (χ4v) is 4.45. The first-order valence-electron chi connectivity index (χ1n) is 6.76. The van der Waals surface area contributed by atoms with Crippen LogP contribution in [0.4, 0.5) is 5.69 Å². The first-order chi connectivity index (χ1) is 9.49. The van der Waals surface area contributed by atoms with Gasteiger partial charge in [-0.1, -0.05) is 6.42 Å². The highest BCUT2D eigenvalue weighted by molar-refractivity contribution is 9.10. The number of anilines is 1. The number of sulfonamides is 1. The van der Waals surface area contributed by atoms with E-state index >= 15 is 0 Å². The maximum Gasteiger partial charge on any atom is 0.241 e. The summed E-state index contributed by atoms with van der Waals surface area (Å²) in [6, 6.07) is 4.70. The topological polar surface area (TPSA) is 75.4 Å². The van der Waals surface area contributed by atoms with Crippen LogP contribution in [0, 0.1) is 0 Å². The Kier molecular flexibility index (Phi) is 5.42. The van der Waals surface area contributed by atoms with Gasteiger partial charge in [-0.25, -0.2) is 13.1 Å². The Morgan fingerprint density at radius 3 is 2.60 bits per heavy atom. The predicted molar refractivity (Wildman–Crippen MR) is 84.0 cm³/mol. The summed E-state index contributed by atoms with van der Waals surface area (Å²) in [5.74, 6) is 0. The van der Waals surface area contributed by atoms with Gasteiger partial charge in [0.1, 0.15) is 0 Å². The second kappa shape index (κ2) is 6.89. The van der Waals surface area contributed by atoms with E-state index in [-0.39, 0.29) is 4.90 Å². The normalized spacial score (nSPS) is 17.2. The first kappa shape index (κ1) is 15.8. The number of rotatable bonds is 5. The Bertz CT molecular complexity index is 557. The minimum Gasteiger partial charge on any atom is -0.399 e. The summed E-state index contributed by atoms with van der Waals surface area (Å²) in [5, 5.41) is 0. The van der Waals surface area contributed by atoms with Crippen molar-refractivity contribution in [3.63, 3.8) is 0 Å². The van der Waals surface area contributed by atoms with E-state index < -0.39 is 10.0 Å². The summed E-state index contributed by atoms with van der Waals surface area (Å²) >= 11 is 3.24. The van der Waals surface area contributed by atoms with Crippen molar-refractivity contribution in [1.29, 1.82) is 0 Å². The number of nitrogens with zero attached hydrogens (tertiary/aromatic N) is 1. The molecule has 1 aromatic rings. The minimum atomic E-state index is -3.49. The van der Waals surface area contributed by atoms with Gasteiger partial charge in [0.25, 0.3) is 0 Å². The van der Waals surface area contributed by atoms with E-state index in [0.29, 0.717) is 16.7 Å². The standard InChI is InChI=1S/C13H20BrN3O2S/c14-12-10-11(15)4-5-13(12)20(18,19)16-6-9-17-7-2-1-3-8-17/h4-5,10,16H,1-3,6-9,15H2. The second-order valence-electron chi connectivity index (χ2n) is 4.99. The van der Waals surface area contributed by atoms with Gasteiger partial charge in [0, 0.05) is 23.2 Å². The summed E-state index contributed by atoms with van der Waals surface area (Å²) in [4.78, 5) is 2.52. The average Bonchev–Trinajstić information content (AvgIpc) is 2.39. The third kappa shape index (κ3) is 4.18. The molecule has 20 heavy (non-hydrogen) atoms. The fourth-order valence-electron chi connectivity index (χ4n) is 2.33. The SMILES string of the molecule is Nc1ccc(S(=O)(=O)NCCN2CCCCC2)c(Br)c1. The molecular weight excluding hydrogens is 342 g/mol. The lowest BCUT2D eigenvalue weighted by Crippen LogP contribution is -2.37. The highest BCUT2D eigenvalue weighted by atomic mass is 79.9. The largest absolute Gasteiger partial charge is 0.399 e. The zero-order valence-corrected chi connectivity index (χ0v) is 13.7. The summed E-state index contributed by atoms with van der Waals surface area (Å²) < 4.78 is 27.5. The lowest BCUT2D eigenvalue weighted by molar-refractivity contribution is 0.233. The molecule has 0 radical (unpaired) electrons. The number of likely N-dealkylation sites (tertiary alicyclic amines) is 1. The summed E-state index contributed by atoms with van der Waals surface area (Å²) in [6.07, 6.45) is 3.69. The molecule has 7 heteroatoms. The quantitative estimate of drug-likeness (QED) is 0.784. The van der Waals surface area contributed by atoms with Crippen LogP contribution in [0.25, 0.3) is 0 Å². The Balaban J connectivity index is 1.93. The van der Waals surface area contributed by atoms with E-state index in [1.54, 1.807) is 12.1 Å². The molecule has 1 heterocycles. The van der Waals surface area contributed by atoms with Gasteiger partial charge >= 0.3 is 0 Å². The number of hydrogen-bond acceptors (Lipinski definition) is 4. The fraction of sp³-hybridized carbons (Fsp3) is 0.538. The van der Waals surface area contributed by atoms with Gasteiger partial charge < -0.3 is 10.6 Å². The molecule has 1 aliphatic heterocycles. The van der Waals surface area contributed by atoms with Crippen LogP contribution in [0.2, 0.25) is 0 Å². The lowest BCUT2D eigenvalue weighted by Gasteiger charge is -2.26. The third-order valence-corrected chi connectivity index (χ3v) is 5.85. The van der Waals surface area contributed by atoms with Crippen LogP contribution in [0.5, 0.6) is 0 Å². The summed E-state index contributed by atoms with van der Waals surface area (Å²) in [5.41, 5.74) is 6.15. The molecule has 1 saturated heterocycles. The molecule has 1 fully saturated rings. The number of hydrogen-bond donors (Lipinski definition) is 2. The number of nitrogens with two attached hydrogens (primary N) is 1. The van der Waals surface area contributed by atoms with E-state index in [4.69, 9.17) is 5.73 Å². The Morgan fingerprint density at radius 2 is 1.95 bits per heavy atom. The molecule has 5 nitrogen and oxygen atoms in total. The van der Waals surface area contributed by atoms with Gasteiger partial charge in [0.2, 0.25) is 10.0 Å². The molecule has 1 aliphatic rings. The number of piperidine rings is 1. The summed E-state index contributed by atoms with van der Waals surface area (Å²) in [7, 11) is -3.49. The van der Waals surface area contributed by atoms with Crippen molar-refractivity contribution in [2.75, 3.05) is 31.9 Å². The summed E-state index contributed by atoms with van der Waals surface area (Å²) in [6.45, 7) is 3.31. The molecule has 0 aliphatic carbocycles. The molecule has 0 unspecified atom stereocenters. The van der Waals surface area contributed by atoms with Gasteiger partial charge in [-0.2, -0.15) is 0 Å². The van der Waals surface area contributed by atoms with Gasteiger partial charge in [-0.05, 0) is 60.1 Å². The van der Waals surface area contributed by atoms with E-state index in [1.807, 2.05) is 0 Å². The monoisotopic (exact) mass is 361 g/mol. The predicted octanol–water partition coefficient (Wildman–Crippen LogP) is 1.80. The number of halogens is 1. The van der Waals surface area contributed by atoms with E-state index in [2.05, 4.69) is 25.6 Å². The minimum absolute atomic E-state index is 0.227. The molecular formula is C13H20BrN3O2S. The van der Waals surface area contributed by atoms with Gasteiger partial charge in [0.15, 0.2) is 0 Å². The number of nitrogen functional groups attached to an aromatic ring is 1. The molecule has 0 aromatic heterocycles. The van der Waals surface area contributed by atoms with Crippen molar-refractivity contribution in [3.8, 4) is 0 Å². The highest BCUT2D eigenvalue weighted by Gasteiger charge is 2.18. The maximum atomic E-state index is 12.2. The molecule has 2 rings (SSSR count). The Morgan fingerprint density at radius 1 is 1.25 bits per heavy atom. The van der Waals surface area contributed by atoms with Crippen molar-refractivity contribution < 1.29 is 8.42 Å². The van der Waals surface area contributed by atoms with Crippen LogP contribution in [-0.4, -0.2) is 39.5 Å². The Hall–Kier alpha value is -0.630. The molecule has 0 spiro atoms. The number of nitrogens with one attached hydrogen (secondary N) is 1. The maximum absolute atomic E-state index is 12.2. The van der Waals surface area contributed by atoms with Crippen LogP contribution in [0.15, 0.2) is 27.6 Å². The van der Waals surface area contributed by atoms with Crippen molar-refractivity contribution >= 4 is 31.6 Å². The lowest BCUT2D eigenvalue weighted by atomic mass is 10.1. The van der Waals surface area contributed by atoms with E-state index in [9.17, 15) is 8.42 Å². The van der Waals surface area contributed by atoms with Crippen LogP contribution >= 0.6 is 15.9 Å². The van der Waals surface area contributed by atoms with Crippen LogP contribution in [-0.2, 0) is 10.0 Å². The van der Waals surface area contributed by atoms with E-state index in [1.165, 1.54) is 25.3 Å². The van der Waals surface area contributed by atoms with Crippen molar-refractivity contribution in [3.05, 3.63) is 22.7 Å². The molecule has 0 amide bonds. The Labute approximate surface area is 128 Å².